The van der Waals surface area contributed by atoms with Gasteiger partial charge in [0.05, 0.1) is 5.60 Å². The van der Waals surface area contributed by atoms with E-state index < -0.39 is 0 Å². The van der Waals surface area contributed by atoms with Crippen molar-refractivity contribution >= 4 is 0 Å². The van der Waals surface area contributed by atoms with Crippen molar-refractivity contribution in [2.45, 2.75) is 59.3 Å². The molecule has 0 aromatic rings. The molecule has 78 valence electrons. The van der Waals surface area contributed by atoms with Crippen LogP contribution in [0.5, 0.6) is 0 Å². The summed E-state index contributed by atoms with van der Waals surface area (Å²) in [6, 6.07) is 0. The normalized spacial score (nSPS) is 33.7. The summed E-state index contributed by atoms with van der Waals surface area (Å²) >= 11 is 0. The van der Waals surface area contributed by atoms with Gasteiger partial charge in [-0.25, -0.2) is 0 Å². The Kier molecular flexibility index (Phi) is 2.50. The van der Waals surface area contributed by atoms with Crippen molar-refractivity contribution in [3.8, 4) is 0 Å². The van der Waals surface area contributed by atoms with Crippen LogP contribution < -0.4 is 5.32 Å². The number of hydrogen-bond acceptors (Lipinski definition) is 2. The molecule has 1 N–H and O–H groups in total. The van der Waals surface area contributed by atoms with Gasteiger partial charge < -0.3 is 4.74 Å². The van der Waals surface area contributed by atoms with Crippen molar-refractivity contribution in [2.75, 3.05) is 6.54 Å². The zero-order chi connectivity index (χ0) is 10.3. The first kappa shape index (κ1) is 11.0. The van der Waals surface area contributed by atoms with Gasteiger partial charge in [-0.1, -0.05) is 20.8 Å². The predicted molar refractivity (Wildman–Crippen MR) is 55.6 cm³/mol. The van der Waals surface area contributed by atoms with Gasteiger partial charge in [-0.05, 0) is 32.6 Å². The molecule has 0 aromatic carbocycles. The van der Waals surface area contributed by atoms with Crippen molar-refractivity contribution in [3.05, 3.63) is 0 Å². The molecule has 2 nitrogen and oxygen atoms in total. The van der Waals surface area contributed by atoms with E-state index in [1.54, 1.807) is 0 Å². The van der Waals surface area contributed by atoms with Gasteiger partial charge in [-0.2, -0.15) is 0 Å². The molecule has 1 aliphatic rings. The number of ether oxygens (including phenoxy) is 1. The molecular weight excluding hydrogens is 162 g/mol. The van der Waals surface area contributed by atoms with Gasteiger partial charge in [0.2, 0.25) is 0 Å². The van der Waals surface area contributed by atoms with Crippen LogP contribution in [0.2, 0.25) is 0 Å². The Labute approximate surface area is 82.0 Å². The SMILES string of the molecule is CC(C)(C)CC1(C)NCC(C)(C)O1. The summed E-state index contributed by atoms with van der Waals surface area (Å²) in [4.78, 5) is 0. The van der Waals surface area contributed by atoms with Crippen LogP contribution >= 0.6 is 0 Å². The molecule has 0 bridgehead atoms. The Bertz CT molecular complexity index is 193. The van der Waals surface area contributed by atoms with E-state index in [4.69, 9.17) is 4.74 Å². The summed E-state index contributed by atoms with van der Waals surface area (Å²) in [6.07, 6.45) is 1.05. The highest BCUT2D eigenvalue weighted by Crippen LogP contribution is 2.34. The highest BCUT2D eigenvalue weighted by molar-refractivity contribution is 4.91. The van der Waals surface area contributed by atoms with E-state index in [9.17, 15) is 0 Å². The van der Waals surface area contributed by atoms with Crippen molar-refractivity contribution in [2.24, 2.45) is 5.41 Å². The summed E-state index contributed by atoms with van der Waals surface area (Å²) in [7, 11) is 0. The third-order valence-corrected chi connectivity index (χ3v) is 2.26. The lowest BCUT2D eigenvalue weighted by Gasteiger charge is -2.33. The van der Waals surface area contributed by atoms with Crippen LogP contribution in [-0.4, -0.2) is 17.9 Å². The molecule has 1 fully saturated rings. The van der Waals surface area contributed by atoms with E-state index in [1.807, 2.05) is 0 Å². The monoisotopic (exact) mass is 185 g/mol. The Morgan fingerprint density at radius 1 is 1.23 bits per heavy atom. The van der Waals surface area contributed by atoms with Crippen molar-refractivity contribution in [3.63, 3.8) is 0 Å². The third kappa shape index (κ3) is 3.28. The zero-order valence-electron chi connectivity index (χ0n) is 9.82. The summed E-state index contributed by atoms with van der Waals surface area (Å²) in [5.74, 6) is 0. The molecule has 1 atom stereocenters. The standard InChI is InChI=1S/C11H23NO/c1-9(2,3)7-11(6)12-8-10(4,5)13-11/h12H,7-8H2,1-6H3. The molecular formula is C11H23NO. The molecule has 0 aromatic heterocycles. The van der Waals surface area contributed by atoms with E-state index in [-0.39, 0.29) is 11.3 Å². The molecule has 13 heavy (non-hydrogen) atoms. The summed E-state index contributed by atoms with van der Waals surface area (Å²) < 4.78 is 6.00. The van der Waals surface area contributed by atoms with Crippen LogP contribution in [0.4, 0.5) is 0 Å². The van der Waals surface area contributed by atoms with Crippen LogP contribution in [-0.2, 0) is 4.74 Å². The maximum Gasteiger partial charge on any atom is 0.117 e. The van der Waals surface area contributed by atoms with E-state index in [2.05, 4.69) is 46.9 Å². The van der Waals surface area contributed by atoms with Crippen LogP contribution in [0.15, 0.2) is 0 Å². The van der Waals surface area contributed by atoms with Gasteiger partial charge in [0.1, 0.15) is 5.72 Å². The summed E-state index contributed by atoms with van der Waals surface area (Å²) in [5, 5.41) is 3.46. The molecule has 1 unspecified atom stereocenters. The first-order valence-corrected chi connectivity index (χ1v) is 5.07. The minimum absolute atomic E-state index is 0.0139. The van der Waals surface area contributed by atoms with Crippen LogP contribution in [0, 0.1) is 5.41 Å². The van der Waals surface area contributed by atoms with E-state index in [0.717, 1.165) is 13.0 Å². The first-order valence-electron chi connectivity index (χ1n) is 5.07. The van der Waals surface area contributed by atoms with Gasteiger partial charge in [-0.15, -0.1) is 0 Å². The third-order valence-electron chi connectivity index (χ3n) is 2.26. The Morgan fingerprint density at radius 3 is 2.08 bits per heavy atom. The van der Waals surface area contributed by atoms with Gasteiger partial charge in [0, 0.05) is 6.54 Å². The fraction of sp³-hybridized carbons (Fsp3) is 1.00. The number of hydrogen-bond donors (Lipinski definition) is 1. The lowest BCUT2D eigenvalue weighted by Crippen LogP contribution is -2.41. The van der Waals surface area contributed by atoms with Crippen molar-refractivity contribution < 1.29 is 4.74 Å². The van der Waals surface area contributed by atoms with Crippen LogP contribution in [0.3, 0.4) is 0 Å². The minimum Gasteiger partial charge on any atom is -0.354 e. The predicted octanol–water partition coefficient (Wildman–Crippen LogP) is 2.54. The summed E-state index contributed by atoms with van der Waals surface area (Å²) in [6.45, 7) is 14.1. The van der Waals surface area contributed by atoms with E-state index in [1.165, 1.54) is 0 Å². The van der Waals surface area contributed by atoms with E-state index in [0.29, 0.717) is 5.41 Å². The second kappa shape index (κ2) is 2.96. The maximum absolute atomic E-state index is 6.00. The number of nitrogens with one attached hydrogen (secondary N) is 1. The van der Waals surface area contributed by atoms with Gasteiger partial charge in [-0.3, -0.25) is 5.32 Å². The Balaban J connectivity index is 2.60. The number of rotatable bonds is 1. The van der Waals surface area contributed by atoms with Gasteiger partial charge >= 0.3 is 0 Å². The lowest BCUT2D eigenvalue weighted by molar-refractivity contribution is -0.0971. The van der Waals surface area contributed by atoms with Crippen LogP contribution in [0.1, 0.15) is 48.0 Å². The van der Waals surface area contributed by atoms with E-state index >= 15 is 0 Å². The average Bonchev–Trinajstić information content (AvgIpc) is 2.00. The highest BCUT2D eigenvalue weighted by atomic mass is 16.5. The molecule has 0 aliphatic carbocycles. The molecule has 2 heteroatoms. The second-order valence-electron chi connectivity index (χ2n) is 6.18. The minimum atomic E-state index is -0.137. The largest absolute Gasteiger partial charge is 0.354 e. The summed E-state index contributed by atoms with van der Waals surface area (Å²) in [5.41, 5.74) is 0.157. The fourth-order valence-corrected chi connectivity index (χ4v) is 2.19. The highest BCUT2D eigenvalue weighted by Gasteiger charge is 2.42. The lowest BCUT2D eigenvalue weighted by atomic mass is 9.87. The molecule has 1 rings (SSSR count). The smallest absolute Gasteiger partial charge is 0.117 e. The maximum atomic E-state index is 6.00. The zero-order valence-corrected chi connectivity index (χ0v) is 9.82. The van der Waals surface area contributed by atoms with Crippen molar-refractivity contribution in [1.29, 1.82) is 0 Å². The van der Waals surface area contributed by atoms with Gasteiger partial charge in [0.15, 0.2) is 0 Å². The average molecular weight is 185 g/mol. The molecule has 0 amide bonds. The Morgan fingerprint density at radius 2 is 1.77 bits per heavy atom. The first-order chi connectivity index (χ1) is 5.62. The molecule has 0 radical (unpaired) electrons. The topological polar surface area (TPSA) is 21.3 Å². The Hall–Kier alpha value is -0.0800. The fourth-order valence-electron chi connectivity index (χ4n) is 2.19. The molecule has 0 saturated carbocycles. The molecule has 1 saturated heterocycles. The quantitative estimate of drug-likeness (QED) is 0.678. The molecule has 1 aliphatic heterocycles. The second-order valence-corrected chi connectivity index (χ2v) is 6.18. The van der Waals surface area contributed by atoms with Crippen molar-refractivity contribution in [1.82, 2.24) is 5.32 Å². The van der Waals surface area contributed by atoms with Gasteiger partial charge in [0.25, 0.3) is 0 Å². The molecule has 1 heterocycles. The van der Waals surface area contributed by atoms with Crippen LogP contribution in [0.25, 0.3) is 0 Å². The molecule has 0 spiro atoms.